The van der Waals surface area contributed by atoms with Crippen LogP contribution in [0.4, 0.5) is 0 Å². The lowest BCUT2D eigenvalue weighted by Gasteiger charge is -2.43. The van der Waals surface area contributed by atoms with Crippen molar-refractivity contribution in [3.63, 3.8) is 0 Å². The van der Waals surface area contributed by atoms with E-state index in [1.54, 1.807) is 0 Å². The van der Waals surface area contributed by atoms with Crippen molar-refractivity contribution in [3.05, 3.63) is 0 Å². The van der Waals surface area contributed by atoms with E-state index < -0.39 is 0 Å². The van der Waals surface area contributed by atoms with E-state index in [-0.39, 0.29) is 0 Å². The summed E-state index contributed by atoms with van der Waals surface area (Å²) in [6.45, 7) is 14.9. The average molecular weight is 264 g/mol. The zero-order chi connectivity index (χ0) is 13.6. The maximum absolute atomic E-state index is 2.74. The topological polar surface area (TPSA) is 6.48 Å². The minimum Gasteiger partial charge on any atom is -0.300 e. The quantitative estimate of drug-likeness (QED) is 0.755. The Labute approximate surface area is 119 Å². The maximum atomic E-state index is 2.74. The molecule has 2 atom stereocenters. The van der Waals surface area contributed by atoms with Crippen molar-refractivity contribution >= 4 is 0 Å². The van der Waals surface area contributed by atoms with Crippen molar-refractivity contribution in [2.75, 3.05) is 26.2 Å². The van der Waals surface area contributed by atoms with Crippen molar-refractivity contribution in [2.45, 2.75) is 65.5 Å². The highest BCUT2D eigenvalue weighted by molar-refractivity contribution is 5.02. The van der Waals surface area contributed by atoms with Gasteiger partial charge in [-0.05, 0) is 77.2 Å². The van der Waals surface area contributed by atoms with E-state index in [0.717, 1.165) is 23.9 Å². The summed E-state index contributed by atoms with van der Waals surface area (Å²) >= 11 is 0. The average Bonchev–Trinajstić information content (AvgIpc) is 2.84. The molecule has 3 fully saturated rings. The molecule has 3 aliphatic rings. The zero-order valence-electron chi connectivity index (χ0n) is 13.4. The molecule has 0 aromatic carbocycles. The van der Waals surface area contributed by atoms with Gasteiger partial charge in [-0.15, -0.1) is 0 Å². The summed E-state index contributed by atoms with van der Waals surface area (Å²) in [5.74, 6) is 2.02. The van der Waals surface area contributed by atoms with Gasteiger partial charge in [-0.2, -0.15) is 0 Å². The van der Waals surface area contributed by atoms with Crippen LogP contribution in [0.3, 0.4) is 0 Å². The number of likely N-dealkylation sites (tertiary alicyclic amines) is 2. The molecule has 0 aromatic rings. The second kappa shape index (κ2) is 5.04. The minimum atomic E-state index is 0.695. The fraction of sp³-hybridized carbons (Fsp3) is 1.00. The first kappa shape index (κ1) is 13.9. The van der Waals surface area contributed by atoms with Crippen LogP contribution >= 0.6 is 0 Å². The van der Waals surface area contributed by atoms with Gasteiger partial charge in [0, 0.05) is 31.7 Å². The summed E-state index contributed by atoms with van der Waals surface area (Å²) in [5.41, 5.74) is 0.695. The van der Waals surface area contributed by atoms with Crippen LogP contribution in [0.5, 0.6) is 0 Å². The number of rotatable bonds is 2. The second-order valence-corrected chi connectivity index (χ2v) is 8.14. The molecule has 1 saturated carbocycles. The highest BCUT2D eigenvalue weighted by Crippen LogP contribution is 2.53. The Balaban J connectivity index is 1.64. The summed E-state index contributed by atoms with van der Waals surface area (Å²) in [6.07, 6.45) is 5.98. The molecule has 2 unspecified atom stereocenters. The predicted molar refractivity (Wildman–Crippen MR) is 81.3 cm³/mol. The summed E-state index contributed by atoms with van der Waals surface area (Å²) in [5, 5.41) is 0. The predicted octanol–water partition coefficient (Wildman–Crippen LogP) is 3.23. The van der Waals surface area contributed by atoms with E-state index >= 15 is 0 Å². The monoisotopic (exact) mass is 264 g/mol. The van der Waals surface area contributed by atoms with Crippen molar-refractivity contribution < 1.29 is 0 Å². The smallest absolute Gasteiger partial charge is 0.00409 e. The highest BCUT2D eigenvalue weighted by atomic mass is 15.2. The van der Waals surface area contributed by atoms with E-state index in [4.69, 9.17) is 0 Å². The van der Waals surface area contributed by atoms with Crippen LogP contribution in [0.25, 0.3) is 0 Å². The molecule has 19 heavy (non-hydrogen) atoms. The van der Waals surface area contributed by atoms with Gasteiger partial charge in [-0.1, -0.05) is 0 Å². The molecule has 3 rings (SSSR count). The van der Waals surface area contributed by atoms with Crippen molar-refractivity contribution in [1.82, 2.24) is 9.80 Å². The van der Waals surface area contributed by atoms with Gasteiger partial charge in [-0.25, -0.2) is 0 Å². The lowest BCUT2D eigenvalue weighted by molar-refractivity contribution is 0.0595. The van der Waals surface area contributed by atoms with Gasteiger partial charge in [0.15, 0.2) is 0 Å². The van der Waals surface area contributed by atoms with Crippen LogP contribution in [0.2, 0.25) is 0 Å². The van der Waals surface area contributed by atoms with E-state index in [2.05, 4.69) is 37.5 Å². The van der Waals surface area contributed by atoms with E-state index in [1.165, 1.54) is 51.9 Å². The van der Waals surface area contributed by atoms with Gasteiger partial charge in [0.2, 0.25) is 0 Å². The van der Waals surface area contributed by atoms with Gasteiger partial charge in [0.1, 0.15) is 0 Å². The fourth-order valence-corrected chi connectivity index (χ4v) is 5.07. The largest absolute Gasteiger partial charge is 0.300 e. The third-order valence-corrected chi connectivity index (χ3v) is 6.15. The first-order valence-electron chi connectivity index (χ1n) is 8.47. The summed E-state index contributed by atoms with van der Waals surface area (Å²) < 4.78 is 0. The molecule has 2 saturated heterocycles. The molecular formula is C17H32N2. The first-order valence-corrected chi connectivity index (χ1v) is 8.47. The molecular weight excluding hydrogens is 232 g/mol. The molecule has 2 heterocycles. The van der Waals surface area contributed by atoms with Gasteiger partial charge >= 0.3 is 0 Å². The SMILES string of the molecule is CC(C)N1CC2CC3(CCCN(C(C)C)C3)CC2C1. The Kier molecular flexibility index (Phi) is 3.68. The van der Waals surface area contributed by atoms with Crippen molar-refractivity contribution in [2.24, 2.45) is 17.3 Å². The molecule has 2 nitrogen and oxygen atoms in total. The van der Waals surface area contributed by atoms with Crippen LogP contribution in [0, 0.1) is 17.3 Å². The first-order chi connectivity index (χ1) is 8.99. The number of piperidine rings is 1. The molecule has 2 heteroatoms. The van der Waals surface area contributed by atoms with E-state index in [1.807, 2.05) is 0 Å². The third-order valence-electron chi connectivity index (χ3n) is 6.15. The van der Waals surface area contributed by atoms with Crippen LogP contribution in [0.1, 0.15) is 53.4 Å². The number of hydrogen-bond acceptors (Lipinski definition) is 2. The summed E-state index contributed by atoms with van der Waals surface area (Å²) in [7, 11) is 0. The molecule has 0 amide bonds. The molecule has 0 bridgehead atoms. The number of hydrogen-bond donors (Lipinski definition) is 0. The summed E-state index contributed by atoms with van der Waals surface area (Å²) in [4.78, 5) is 5.45. The van der Waals surface area contributed by atoms with Crippen LogP contribution < -0.4 is 0 Å². The molecule has 0 aromatic heterocycles. The second-order valence-electron chi connectivity index (χ2n) is 8.14. The van der Waals surface area contributed by atoms with Crippen LogP contribution in [-0.2, 0) is 0 Å². The standard InChI is InChI=1S/C17H32N2/c1-13(2)18-7-5-6-17(12-18)8-15-10-19(14(3)4)11-16(15)9-17/h13-16H,5-12H2,1-4H3. The van der Waals surface area contributed by atoms with E-state index in [9.17, 15) is 0 Å². The molecule has 0 radical (unpaired) electrons. The van der Waals surface area contributed by atoms with Gasteiger partial charge < -0.3 is 9.80 Å². The molecule has 1 spiro atoms. The van der Waals surface area contributed by atoms with Crippen LogP contribution in [0.15, 0.2) is 0 Å². The van der Waals surface area contributed by atoms with E-state index in [0.29, 0.717) is 5.41 Å². The third kappa shape index (κ3) is 2.58. The Morgan fingerprint density at radius 2 is 1.47 bits per heavy atom. The Morgan fingerprint density at radius 1 is 0.895 bits per heavy atom. The number of fused-ring (bicyclic) bond motifs is 1. The lowest BCUT2D eigenvalue weighted by Crippen LogP contribution is -2.46. The maximum Gasteiger partial charge on any atom is 0.00409 e. The molecule has 0 N–H and O–H groups in total. The lowest BCUT2D eigenvalue weighted by atomic mass is 9.77. The fourth-order valence-electron chi connectivity index (χ4n) is 5.07. The Morgan fingerprint density at radius 3 is 2.00 bits per heavy atom. The summed E-state index contributed by atoms with van der Waals surface area (Å²) in [6, 6.07) is 1.49. The normalized spacial score (nSPS) is 40.7. The van der Waals surface area contributed by atoms with Crippen molar-refractivity contribution in [1.29, 1.82) is 0 Å². The molecule has 1 aliphatic carbocycles. The Bertz CT molecular complexity index is 309. The highest BCUT2D eigenvalue weighted by Gasteiger charge is 2.50. The van der Waals surface area contributed by atoms with Gasteiger partial charge in [-0.3, -0.25) is 0 Å². The number of nitrogens with zero attached hydrogens (tertiary/aromatic N) is 2. The molecule has 2 aliphatic heterocycles. The Hall–Kier alpha value is -0.0800. The van der Waals surface area contributed by atoms with Gasteiger partial charge in [0.25, 0.3) is 0 Å². The minimum absolute atomic E-state index is 0.695. The van der Waals surface area contributed by atoms with Crippen molar-refractivity contribution in [3.8, 4) is 0 Å². The van der Waals surface area contributed by atoms with Crippen LogP contribution in [-0.4, -0.2) is 48.1 Å². The molecule has 110 valence electrons. The zero-order valence-corrected chi connectivity index (χ0v) is 13.4. The van der Waals surface area contributed by atoms with Gasteiger partial charge in [0.05, 0.1) is 0 Å².